The number of hydrogen-bond donors (Lipinski definition) is 1. The van der Waals surface area contributed by atoms with Gasteiger partial charge in [0, 0.05) is 18.4 Å². The first kappa shape index (κ1) is 14.5. The number of likely N-dealkylation sites (tertiary alicyclic amines) is 1. The Bertz CT molecular complexity index is 375. The quantitative estimate of drug-likeness (QED) is 0.856. The standard InChI is InChI=1S/C16H27N3/c1-16(2,13-17)8-4-12-19-11-3-5-15(19)14-6-9-18-10-7-14/h6-7,9-10,15H,3-5,8,11-13,17H2,1-2H3. The largest absolute Gasteiger partial charge is 0.330 e. The van der Waals surface area contributed by atoms with Crippen LogP contribution in [0.15, 0.2) is 24.5 Å². The van der Waals surface area contributed by atoms with E-state index in [4.69, 9.17) is 5.73 Å². The van der Waals surface area contributed by atoms with Crippen molar-refractivity contribution in [2.45, 2.75) is 45.6 Å². The molecule has 2 N–H and O–H groups in total. The second-order valence-electron chi connectivity index (χ2n) is 6.45. The molecule has 1 unspecified atom stereocenters. The molecule has 1 aromatic heterocycles. The summed E-state index contributed by atoms with van der Waals surface area (Å²) in [6.07, 6.45) is 8.86. The third-order valence-corrected chi connectivity index (χ3v) is 4.31. The van der Waals surface area contributed by atoms with E-state index >= 15 is 0 Å². The summed E-state index contributed by atoms with van der Waals surface area (Å²) in [4.78, 5) is 6.74. The van der Waals surface area contributed by atoms with Crippen molar-refractivity contribution < 1.29 is 0 Å². The van der Waals surface area contributed by atoms with Crippen molar-refractivity contribution in [1.82, 2.24) is 9.88 Å². The molecule has 0 aromatic carbocycles. The molecule has 106 valence electrons. The molecule has 0 amide bonds. The normalized spacial score (nSPS) is 20.9. The highest BCUT2D eigenvalue weighted by molar-refractivity contribution is 5.16. The van der Waals surface area contributed by atoms with Crippen molar-refractivity contribution in [3.8, 4) is 0 Å². The third-order valence-electron chi connectivity index (χ3n) is 4.31. The first-order chi connectivity index (χ1) is 9.12. The van der Waals surface area contributed by atoms with Crippen molar-refractivity contribution in [1.29, 1.82) is 0 Å². The van der Waals surface area contributed by atoms with Crippen LogP contribution in [0.25, 0.3) is 0 Å². The fourth-order valence-corrected chi connectivity index (χ4v) is 2.92. The van der Waals surface area contributed by atoms with Crippen molar-refractivity contribution >= 4 is 0 Å². The van der Waals surface area contributed by atoms with Gasteiger partial charge < -0.3 is 5.73 Å². The van der Waals surface area contributed by atoms with E-state index in [1.807, 2.05) is 12.4 Å². The second-order valence-corrected chi connectivity index (χ2v) is 6.45. The molecule has 0 saturated carbocycles. The molecule has 1 atom stereocenters. The average molecular weight is 261 g/mol. The molecule has 3 nitrogen and oxygen atoms in total. The Morgan fingerprint density at radius 2 is 2.11 bits per heavy atom. The number of hydrogen-bond acceptors (Lipinski definition) is 3. The van der Waals surface area contributed by atoms with Crippen LogP contribution in [0, 0.1) is 5.41 Å². The highest BCUT2D eigenvalue weighted by Gasteiger charge is 2.26. The zero-order valence-electron chi connectivity index (χ0n) is 12.3. The molecule has 1 aliphatic rings. The minimum atomic E-state index is 0.284. The number of nitrogens with zero attached hydrogens (tertiary/aromatic N) is 2. The lowest BCUT2D eigenvalue weighted by Crippen LogP contribution is -2.28. The van der Waals surface area contributed by atoms with E-state index in [0.29, 0.717) is 6.04 Å². The Morgan fingerprint density at radius 3 is 2.79 bits per heavy atom. The number of nitrogens with two attached hydrogens (primary N) is 1. The molecule has 0 radical (unpaired) electrons. The van der Waals surface area contributed by atoms with E-state index in [0.717, 1.165) is 6.54 Å². The van der Waals surface area contributed by atoms with Crippen molar-refractivity contribution in [3.63, 3.8) is 0 Å². The lowest BCUT2D eigenvalue weighted by molar-refractivity contribution is 0.230. The van der Waals surface area contributed by atoms with E-state index in [1.54, 1.807) is 0 Å². The highest BCUT2D eigenvalue weighted by atomic mass is 15.2. The summed E-state index contributed by atoms with van der Waals surface area (Å²) >= 11 is 0. The maximum Gasteiger partial charge on any atom is 0.0349 e. The van der Waals surface area contributed by atoms with E-state index in [1.165, 1.54) is 44.3 Å². The monoisotopic (exact) mass is 261 g/mol. The Kier molecular flexibility index (Phi) is 4.94. The van der Waals surface area contributed by atoms with Crippen molar-refractivity contribution in [2.75, 3.05) is 19.6 Å². The Morgan fingerprint density at radius 1 is 1.37 bits per heavy atom. The summed E-state index contributed by atoms with van der Waals surface area (Å²) in [7, 11) is 0. The lowest BCUT2D eigenvalue weighted by atomic mass is 9.88. The minimum Gasteiger partial charge on any atom is -0.330 e. The number of rotatable bonds is 6. The second kappa shape index (κ2) is 6.49. The molecular weight excluding hydrogens is 234 g/mol. The molecule has 3 heteroatoms. The number of pyridine rings is 1. The van der Waals surface area contributed by atoms with Gasteiger partial charge in [0.05, 0.1) is 0 Å². The van der Waals surface area contributed by atoms with E-state index in [-0.39, 0.29) is 5.41 Å². The molecule has 0 bridgehead atoms. The average Bonchev–Trinajstić information content (AvgIpc) is 2.88. The van der Waals surface area contributed by atoms with Gasteiger partial charge >= 0.3 is 0 Å². The maximum atomic E-state index is 5.80. The highest BCUT2D eigenvalue weighted by Crippen LogP contribution is 2.32. The van der Waals surface area contributed by atoms with Gasteiger partial charge in [-0.15, -0.1) is 0 Å². The third kappa shape index (κ3) is 4.02. The van der Waals surface area contributed by atoms with Crippen LogP contribution in [0.1, 0.15) is 51.1 Å². The van der Waals surface area contributed by atoms with Gasteiger partial charge in [0.2, 0.25) is 0 Å². The molecule has 1 aromatic rings. The predicted octanol–water partition coefficient (Wildman–Crippen LogP) is 2.98. The first-order valence-electron chi connectivity index (χ1n) is 7.46. The lowest BCUT2D eigenvalue weighted by Gasteiger charge is -2.27. The zero-order chi connectivity index (χ0) is 13.7. The molecule has 1 saturated heterocycles. The summed E-state index contributed by atoms with van der Waals surface area (Å²) in [6.45, 7) is 7.72. The Hall–Kier alpha value is -0.930. The van der Waals surface area contributed by atoms with Gasteiger partial charge in [-0.25, -0.2) is 0 Å². The Labute approximate surface area is 117 Å². The van der Waals surface area contributed by atoms with Crippen LogP contribution in [-0.4, -0.2) is 29.5 Å². The fraction of sp³-hybridized carbons (Fsp3) is 0.688. The van der Waals surface area contributed by atoms with E-state index in [9.17, 15) is 0 Å². The first-order valence-corrected chi connectivity index (χ1v) is 7.46. The van der Waals surface area contributed by atoms with E-state index < -0.39 is 0 Å². The zero-order valence-corrected chi connectivity index (χ0v) is 12.3. The SMILES string of the molecule is CC(C)(CN)CCCN1CCCC1c1ccncc1. The molecule has 1 fully saturated rings. The minimum absolute atomic E-state index is 0.284. The molecule has 2 heterocycles. The van der Waals surface area contributed by atoms with Crippen LogP contribution in [0.2, 0.25) is 0 Å². The van der Waals surface area contributed by atoms with Gasteiger partial charge in [-0.05, 0) is 68.4 Å². The summed E-state index contributed by atoms with van der Waals surface area (Å²) in [6, 6.07) is 4.92. The molecule has 0 aliphatic carbocycles. The van der Waals surface area contributed by atoms with Crippen LogP contribution in [0.5, 0.6) is 0 Å². The topological polar surface area (TPSA) is 42.1 Å². The Balaban J connectivity index is 1.86. The summed E-state index contributed by atoms with van der Waals surface area (Å²) in [5, 5.41) is 0. The van der Waals surface area contributed by atoms with Crippen LogP contribution in [-0.2, 0) is 0 Å². The van der Waals surface area contributed by atoms with Crippen molar-refractivity contribution in [3.05, 3.63) is 30.1 Å². The number of aromatic nitrogens is 1. The summed E-state index contributed by atoms with van der Waals surface area (Å²) in [5.74, 6) is 0. The fourth-order valence-electron chi connectivity index (χ4n) is 2.92. The van der Waals surface area contributed by atoms with E-state index in [2.05, 4.69) is 35.9 Å². The van der Waals surface area contributed by atoms with Gasteiger partial charge in [0.1, 0.15) is 0 Å². The molecule has 19 heavy (non-hydrogen) atoms. The molecular formula is C16H27N3. The van der Waals surface area contributed by atoms with Gasteiger partial charge in [-0.2, -0.15) is 0 Å². The van der Waals surface area contributed by atoms with Gasteiger partial charge in [-0.3, -0.25) is 9.88 Å². The van der Waals surface area contributed by atoms with Crippen molar-refractivity contribution in [2.24, 2.45) is 11.1 Å². The smallest absolute Gasteiger partial charge is 0.0349 e. The summed E-state index contributed by atoms with van der Waals surface area (Å²) in [5.41, 5.74) is 7.50. The predicted molar refractivity (Wildman–Crippen MR) is 79.9 cm³/mol. The van der Waals surface area contributed by atoms with Crippen LogP contribution in [0.3, 0.4) is 0 Å². The van der Waals surface area contributed by atoms with Crippen LogP contribution >= 0.6 is 0 Å². The molecule has 1 aliphatic heterocycles. The van der Waals surface area contributed by atoms with Gasteiger partial charge in [0.15, 0.2) is 0 Å². The maximum absolute atomic E-state index is 5.80. The molecule has 2 rings (SSSR count). The summed E-state index contributed by atoms with van der Waals surface area (Å²) < 4.78 is 0. The van der Waals surface area contributed by atoms with Gasteiger partial charge in [0.25, 0.3) is 0 Å². The van der Waals surface area contributed by atoms with Crippen LogP contribution in [0.4, 0.5) is 0 Å². The van der Waals surface area contributed by atoms with Crippen LogP contribution < -0.4 is 5.73 Å². The molecule has 0 spiro atoms. The van der Waals surface area contributed by atoms with Gasteiger partial charge in [-0.1, -0.05) is 13.8 Å².